The fourth-order valence-corrected chi connectivity index (χ4v) is 4.36. The molecule has 0 unspecified atom stereocenters. The normalized spacial score (nSPS) is 11.6. The molecule has 5 rings (SSSR count). The van der Waals surface area contributed by atoms with Gasteiger partial charge in [0.05, 0.1) is 40.0 Å². The lowest BCUT2D eigenvalue weighted by molar-refractivity contribution is -0.385. The fraction of sp³-hybridized carbons (Fsp3) is 0.324. The Morgan fingerprint density at radius 2 is 1.38 bits per heavy atom. The van der Waals surface area contributed by atoms with E-state index in [1.807, 2.05) is 54.8 Å². The second kappa shape index (κ2) is 13.8. The van der Waals surface area contributed by atoms with Gasteiger partial charge in [-0.05, 0) is 89.8 Å². The molecule has 0 saturated carbocycles. The zero-order chi connectivity index (χ0) is 32.8. The Balaban J connectivity index is 0.000000205. The van der Waals surface area contributed by atoms with Gasteiger partial charge in [0.2, 0.25) is 11.8 Å². The third-order valence-corrected chi connectivity index (χ3v) is 6.62. The summed E-state index contributed by atoms with van der Waals surface area (Å²) in [5, 5.41) is 31.0. The van der Waals surface area contributed by atoms with E-state index in [1.54, 1.807) is 64.6 Å². The van der Waals surface area contributed by atoms with Crippen LogP contribution in [0, 0.1) is 24.0 Å². The van der Waals surface area contributed by atoms with Crippen molar-refractivity contribution in [3.05, 3.63) is 106 Å². The highest BCUT2D eigenvalue weighted by atomic mass is 16.6. The standard InChI is InChI=1S/C17H19N3O2.C17H20N2O4/c1-12-4-7-16(18-9-12)22-13-5-6-14-15(8-13)20(11-19-14)10-17(2,3)21;1-12-4-7-16(18-11-12)23-14-5-6-15(19(21)22)13(10-14)8-9-17(2,3)20/h4-9,11,21H,10H2,1-3H3;4-7,10-11,20H,8-9H2,1-3H3. The van der Waals surface area contributed by atoms with E-state index in [9.17, 15) is 20.3 Å². The van der Waals surface area contributed by atoms with Gasteiger partial charge in [-0.1, -0.05) is 12.1 Å². The number of rotatable bonds is 10. The Hall–Kier alpha value is -4.87. The van der Waals surface area contributed by atoms with Crippen molar-refractivity contribution in [2.45, 2.75) is 72.1 Å². The first-order chi connectivity index (χ1) is 21.1. The molecule has 0 radical (unpaired) electrons. The van der Waals surface area contributed by atoms with E-state index >= 15 is 0 Å². The van der Waals surface area contributed by atoms with Gasteiger partial charge in [-0.15, -0.1) is 0 Å². The number of pyridine rings is 2. The minimum atomic E-state index is -0.886. The van der Waals surface area contributed by atoms with Crippen LogP contribution in [0.15, 0.2) is 79.4 Å². The highest BCUT2D eigenvalue weighted by Crippen LogP contribution is 2.29. The number of benzene rings is 2. The number of imidazole rings is 1. The number of hydrogen-bond acceptors (Lipinski definition) is 9. The summed E-state index contributed by atoms with van der Waals surface area (Å²) in [4.78, 5) is 23.5. The highest BCUT2D eigenvalue weighted by molar-refractivity contribution is 5.77. The molecule has 0 aliphatic carbocycles. The van der Waals surface area contributed by atoms with Gasteiger partial charge in [-0.25, -0.2) is 15.0 Å². The van der Waals surface area contributed by atoms with Gasteiger partial charge in [0.15, 0.2) is 0 Å². The largest absolute Gasteiger partial charge is 0.439 e. The molecule has 0 spiro atoms. The van der Waals surface area contributed by atoms with E-state index in [-0.39, 0.29) is 5.69 Å². The number of ether oxygens (including phenoxy) is 2. The van der Waals surface area contributed by atoms with Crippen molar-refractivity contribution in [2.75, 3.05) is 0 Å². The van der Waals surface area contributed by atoms with Gasteiger partial charge in [0, 0.05) is 42.2 Å². The number of nitrogens with zero attached hydrogens (tertiary/aromatic N) is 5. The molecule has 0 amide bonds. The minimum absolute atomic E-state index is 0.0264. The topological polar surface area (TPSA) is 146 Å². The lowest BCUT2D eigenvalue weighted by Crippen LogP contribution is -2.25. The molecular formula is C34H39N5O6. The van der Waals surface area contributed by atoms with Crippen LogP contribution in [0.4, 0.5) is 5.69 Å². The highest BCUT2D eigenvalue weighted by Gasteiger charge is 2.19. The predicted octanol–water partition coefficient (Wildman–Crippen LogP) is 7.10. The van der Waals surface area contributed by atoms with Gasteiger partial charge < -0.3 is 24.3 Å². The smallest absolute Gasteiger partial charge is 0.272 e. The van der Waals surface area contributed by atoms with E-state index in [0.717, 1.165) is 22.2 Å². The van der Waals surface area contributed by atoms with Crippen molar-refractivity contribution >= 4 is 16.7 Å². The van der Waals surface area contributed by atoms with Crippen LogP contribution in [0.3, 0.4) is 0 Å². The average Bonchev–Trinajstić information content (AvgIpc) is 3.34. The van der Waals surface area contributed by atoms with Crippen LogP contribution in [0.25, 0.3) is 11.0 Å². The summed E-state index contributed by atoms with van der Waals surface area (Å²) in [6.07, 6.45) is 6.00. The molecule has 11 heteroatoms. The molecule has 45 heavy (non-hydrogen) atoms. The van der Waals surface area contributed by atoms with Crippen LogP contribution in [-0.2, 0) is 13.0 Å². The van der Waals surface area contributed by atoms with Crippen molar-refractivity contribution in [3.8, 4) is 23.3 Å². The lowest BCUT2D eigenvalue weighted by Gasteiger charge is -2.18. The summed E-state index contributed by atoms with van der Waals surface area (Å²) in [5.74, 6) is 2.16. The molecule has 5 aromatic rings. The van der Waals surface area contributed by atoms with Crippen molar-refractivity contribution in [1.29, 1.82) is 0 Å². The summed E-state index contributed by atoms with van der Waals surface area (Å²) >= 11 is 0. The van der Waals surface area contributed by atoms with Gasteiger partial charge in [0.1, 0.15) is 11.5 Å². The van der Waals surface area contributed by atoms with E-state index in [2.05, 4.69) is 15.0 Å². The summed E-state index contributed by atoms with van der Waals surface area (Å²) < 4.78 is 13.3. The van der Waals surface area contributed by atoms with Crippen LogP contribution in [0.5, 0.6) is 23.3 Å². The van der Waals surface area contributed by atoms with E-state index in [0.29, 0.717) is 48.2 Å². The Morgan fingerprint density at radius 3 is 1.89 bits per heavy atom. The monoisotopic (exact) mass is 613 g/mol. The van der Waals surface area contributed by atoms with Crippen LogP contribution < -0.4 is 9.47 Å². The first kappa shape index (κ1) is 33.0. The molecule has 3 aromatic heterocycles. The number of hydrogen-bond donors (Lipinski definition) is 2. The lowest BCUT2D eigenvalue weighted by atomic mass is 9.98. The van der Waals surface area contributed by atoms with Crippen molar-refractivity contribution < 1.29 is 24.6 Å². The zero-order valence-electron chi connectivity index (χ0n) is 26.4. The molecule has 0 bridgehead atoms. The maximum atomic E-state index is 11.1. The zero-order valence-corrected chi connectivity index (χ0v) is 26.4. The maximum absolute atomic E-state index is 11.1. The quantitative estimate of drug-likeness (QED) is 0.124. The number of aliphatic hydroxyl groups is 2. The number of aryl methyl sites for hydroxylation is 3. The number of fused-ring (bicyclic) bond motifs is 1. The number of aromatic nitrogens is 4. The Labute approximate surface area is 262 Å². The molecule has 2 aromatic carbocycles. The van der Waals surface area contributed by atoms with Gasteiger partial charge in [-0.3, -0.25) is 10.1 Å². The Kier molecular flexibility index (Phi) is 10.2. The molecule has 0 fully saturated rings. The average molecular weight is 614 g/mol. The van der Waals surface area contributed by atoms with E-state index < -0.39 is 16.1 Å². The van der Waals surface area contributed by atoms with Crippen LogP contribution in [0.2, 0.25) is 0 Å². The molecule has 0 aliphatic rings. The molecule has 0 atom stereocenters. The van der Waals surface area contributed by atoms with Crippen molar-refractivity contribution in [2.24, 2.45) is 0 Å². The molecule has 11 nitrogen and oxygen atoms in total. The van der Waals surface area contributed by atoms with Crippen molar-refractivity contribution in [1.82, 2.24) is 19.5 Å². The van der Waals surface area contributed by atoms with Crippen LogP contribution in [0.1, 0.15) is 50.8 Å². The van der Waals surface area contributed by atoms with Crippen LogP contribution >= 0.6 is 0 Å². The molecule has 236 valence electrons. The van der Waals surface area contributed by atoms with E-state index in [1.165, 1.54) is 6.07 Å². The summed E-state index contributed by atoms with van der Waals surface area (Å²) in [5.41, 5.74) is 2.77. The summed E-state index contributed by atoms with van der Waals surface area (Å²) in [6.45, 7) is 11.3. The minimum Gasteiger partial charge on any atom is -0.439 e. The van der Waals surface area contributed by atoms with Gasteiger partial charge in [-0.2, -0.15) is 0 Å². The molecule has 0 saturated heterocycles. The molecule has 0 aliphatic heterocycles. The number of nitro groups is 1. The van der Waals surface area contributed by atoms with Crippen LogP contribution in [-0.4, -0.2) is 45.9 Å². The Bertz CT molecular complexity index is 1740. The first-order valence-corrected chi connectivity index (χ1v) is 14.5. The first-order valence-electron chi connectivity index (χ1n) is 14.5. The summed E-state index contributed by atoms with van der Waals surface area (Å²) in [7, 11) is 0. The van der Waals surface area contributed by atoms with Gasteiger partial charge >= 0.3 is 0 Å². The number of nitro benzene ring substituents is 1. The van der Waals surface area contributed by atoms with Crippen molar-refractivity contribution in [3.63, 3.8) is 0 Å². The van der Waals surface area contributed by atoms with E-state index in [4.69, 9.17) is 9.47 Å². The second-order valence-electron chi connectivity index (χ2n) is 12.2. The second-order valence-corrected chi connectivity index (χ2v) is 12.2. The third-order valence-electron chi connectivity index (χ3n) is 6.62. The third kappa shape index (κ3) is 10.1. The van der Waals surface area contributed by atoms with Gasteiger partial charge in [0.25, 0.3) is 5.69 Å². The molecule has 2 N–H and O–H groups in total. The SMILES string of the molecule is Cc1ccc(Oc2ccc([N+](=O)[O-])c(CCC(C)(C)O)c2)nc1.Cc1ccc(Oc2ccc3ncn(CC(C)(C)O)c3c2)nc1. The molecular weight excluding hydrogens is 574 g/mol. The fourth-order valence-electron chi connectivity index (χ4n) is 4.36. The molecule has 3 heterocycles. The summed E-state index contributed by atoms with van der Waals surface area (Å²) in [6, 6.07) is 17.7. The maximum Gasteiger partial charge on any atom is 0.272 e. The predicted molar refractivity (Wildman–Crippen MR) is 172 cm³/mol. The Morgan fingerprint density at radius 1 is 0.800 bits per heavy atom.